The lowest BCUT2D eigenvalue weighted by Crippen LogP contribution is -2.27. The van der Waals surface area contributed by atoms with Gasteiger partial charge in [-0.25, -0.2) is 15.0 Å². The minimum absolute atomic E-state index is 0.165. The number of ether oxygens (including phenoxy) is 1. The quantitative estimate of drug-likeness (QED) is 0.714. The van der Waals surface area contributed by atoms with E-state index in [2.05, 4.69) is 20.3 Å². The number of aromatic nitrogens is 4. The fraction of sp³-hybridized carbons (Fsp3) is 0.222. The van der Waals surface area contributed by atoms with Gasteiger partial charge >= 0.3 is 0 Å². The van der Waals surface area contributed by atoms with Crippen molar-refractivity contribution in [3.8, 4) is 17.4 Å². The Morgan fingerprint density at radius 3 is 2.72 bits per heavy atom. The van der Waals surface area contributed by atoms with Crippen molar-refractivity contribution in [3.63, 3.8) is 0 Å². The van der Waals surface area contributed by atoms with Gasteiger partial charge in [0.15, 0.2) is 11.6 Å². The number of hydrogen-bond donors (Lipinski definition) is 1. The van der Waals surface area contributed by atoms with Gasteiger partial charge < -0.3 is 14.6 Å². The van der Waals surface area contributed by atoms with Crippen LogP contribution >= 0.6 is 0 Å². The summed E-state index contributed by atoms with van der Waals surface area (Å²) in [6, 6.07) is 8.96. The van der Waals surface area contributed by atoms with Crippen molar-refractivity contribution in [2.24, 2.45) is 0 Å². The van der Waals surface area contributed by atoms with Crippen molar-refractivity contribution in [2.75, 3.05) is 13.2 Å². The third-order valence-electron chi connectivity index (χ3n) is 3.55. The van der Waals surface area contributed by atoms with Crippen molar-refractivity contribution in [2.45, 2.75) is 13.5 Å². The van der Waals surface area contributed by atoms with E-state index in [0.29, 0.717) is 42.7 Å². The van der Waals surface area contributed by atoms with Gasteiger partial charge in [-0.05, 0) is 25.1 Å². The minimum atomic E-state index is -0.165. The summed E-state index contributed by atoms with van der Waals surface area (Å²) in [7, 11) is 0. The number of carbonyl (C=O) groups is 1. The van der Waals surface area contributed by atoms with E-state index in [4.69, 9.17) is 4.74 Å². The molecule has 25 heavy (non-hydrogen) atoms. The maximum atomic E-state index is 12.4. The largest absolute Gasteiger partial charge is 0.493 e. The third kappa shape index (κ3) is 4.00. The van der Waals surface area contributed by atoms with Gasteiger partial charge in [-0.2, -0.15) is 0 Å². The molecule has 0 spiro atoms. The first-order valence-electron chi connectivity index (χ1n) is 8.08. The summed E-state index contributed by atoms with van der Waals surface area (Å²) in [4.78, 5) is 25.1. The van der Waals surface area contributed by atoms with Crippen molar-refractivity contribution >= 4 is 5.91 Å². The summed E-state index contributed by atoms with van der Waals surface area (Å²) in [6.45, 7) is 3.42. The molecule has 1 amide bonds. The molecule has 7 heteroatoms. The van der Waals surface area contributed by atoms with E-state index in [1.807, 2.05) is 29.8 Å². The second-order valence-corrected chi connectivity index (χ2v) is 5.20. The van der Waals surface area contributed by atoms with Gasteiger partial charge in [0, 0.05) is 37.9 Å². The number of benzene rings is 1. The molecule has 1 aromatic carbocycles. The Bertz CT molecular complexity index is 832. The minimum Gasteiger partial charge on any atom is -0.493 e. The smallest absolute Gasteiger partial charge is 0.255 e. The Morgan fingerprint density at radius 2 is 1.92 bits per heavy atom. The topological polar surface area (TPSA) is 81.9 Å². The first kappa shape index (κ1) is 16.6. The van der Waals surface area contributed by atoms with Crippen molar-refractivity contribution < 1.29 is 9.53 Å². The third-order valence-corrected chi connectivity index (χ3v) is 3.55. The van der Waals surface area contributed by atoms with Crippen LogP contribution in [0.1, 0.15) is 17.3 Å². The fourth-order valence-corrected chi connectivity index (χ4v) is 2.43. The fourth-order valence-electron chi connectivity index (χ4n) is 2.43. The lowest BCUT2D eigenvalue weighted by atomic mass is 10.2. The van der Waals surface area contributed by atoms with E-state index >= 15 is 0 Å². The van der Waals surface area contributed by atoms with Crippen LogP contribution in [0.5, 0.6) is 5.75 Å². The average molecular weight is 337 g/mol. The lowest BCUT2D eigenvalue weighted by Gasteiger charge is -2.11. The number of hydrogen-bond acceptors (Lipinski definition) is 5. The molecule has 1 N–H and O–H groups in total. The Kier molecular flexibility index (Phi) is 5.36. The average Bonchev–Trinajstić information content (AvgIpc) is 3.11. The molecule has 3 rings (SSSR count). The van der Waals surface area contributed by atoms with Crippen LogP contribution < -0.4 is 10.1 Å². The first-order valence-corrected chi connectivity index (χ1v) is 8.08. The number of para-hydroxylation sites is 1. The molecule has 0 atom stereocenters. The highest BCUT2D eigenvalue weighted by Crippen LogP contribution is 2.17. The number of imidazole rings is 1. The Labute approximate surface area is 145 Å². The molecule has 0 fully saturated rings. The number of carbonyl (C=O) groups excluding carboxylic acids is 1. The number of rotatable bonds is 7. The molecule has 128 valence electrons. The van der Waals surface area contributed by atoms with E-state index in [1.165, 1.54) is 0 Å². The van der Waals surface area contributed by atoms with Crippen LogP contribution in [-0.4, -0.2) is 38.6 Å². The summed E-state index contributed by atoms with van der Waals surface area (Å²) < 4.78 is 7.40. The number of nitrogens with zero attached hydrogens (tertiary/aromatic N) is 4. The highest BCUT2D eigenvalue weighted by molar-refractivity contribution is 5.96. The summed E-state index contributed by atoms with van der Waals surface area (Å²) >= 11 is 0. The van der Waals surface area contributed by atoms with Gasteiger partial charge in [-0.1, -0.05) is 12.1 Å². The van der Waals surface area contributed by atoms with Crippen molar-refractivity contribution in [3.05, 3.63) is 60.7 Å². The van der Waals surface area contributed by atoms with Gasteiger partial charge in [0.05, 0.1) is 12.2 Å². The first-order chi connectivity index (χ1) is 12.3. The van der Waals surface area contributed by atoms with Crippen LogP contribution in [0.15, 0.2) is 55.1 Å². The zero-order valence-electron chi connectivity index (χ0n) is 13.9. The molecule has 0 radical (unpaired) electrons. The molecule has 0 aliphatic rings. The second kappa shape index (κ2) is 8.05. The van der Waals surface area contributed by atoms with Gasteiger partial charge in [0.25, 0.3) is 5.91 Å². The van der Waals surface area contributed by atoms with E-state index in [0.717, 1.165) is 0 Å². The van der Waals surface area contributed by atoms with Crippen LogP contribution in [0, 0.1) is 0 Å². The standard InChI is InChI=1S/C18H19N5O2/c1-2-25-15-7-4-3-6-14(15)18(24)22-11-13-23-12-10-21-17(23)16-19-8-5-9-20-16/h3-10,12H,2,11,13H2,1H3,(H,22,24). The molecule has 0 aliphatic carbocycles. The summed E-state index contributed by atoms with van der Waals surface area (Å²) in [6.07, 6.45) is 6.88. The van der Waals surface area contributed by atoms with E-state index in [-0.39, 0.29) is 5.91 Å². The van der Waals surface area contributed by atoms with E-state index in [1.54, 1.807) is 36.8 Å². The molecule has 3 aromatic rings. The van der Waals surface area contributed by atoms with Crippen molar-refractivity contribution in [1.82, 2.24) is 24.8 Å². The normalized spacial score (nSPS) is 10.4. The van der Waals surface area contributed by atoms with Crippen LogP contribution in [0.4, 0.5) is 0 Å². The molecule has 0 aliphatic heterocycles. The Hall–Kier alpha value is -3.22. The molecule has 0 bridgehead atoms. The SMILES string of the molecule is CCOc1ccccc1C(=O)NCCn1ccnc1-c1ncccn1. The summed E-state index contributed by atoms with van der Waals surface area (Å²) in [5, 5.41) is 2.91. The van der Waals surface area contributed by atoms with Crippen LogP contribution in [-0.2, 0) is 6.54 Å². The van der Waals surface area contributed by atoms with Crippen LogP contribution in [0.3, 0.4) is 0 Å². The van der Waals surface area contributed by atoms with Crippen LogP contribution in [0.25, 0.3) is 11.6 Å². The van der Waals surface area contributed by atoms with Gasteiger partial charge in [0.1, 0.15) is 5.75 Å². The van der Waals surface area contributed by atoms with Gasteiger partial charge in [0.2, 0.25) is 0 Å². The molecule has 0 unspecified atom stereocenters. The predicted octanol–water partition coefficient (Wildman–Crippen LogP) is 2.17. The lowest BCUT2D eigenvalue weighted by molar-refractivity contribution is 0.0948. The van der Waals surface area contributed by atoms with Gasteiger partial charge in [-0.3, -0.25) is 4.79 Å². The Morgan fingerprint density at radius 1 is 1.12 bits per heavy atom. The van der Waals surface area contributed by atoms with Crippen molar-refractivity contribution in [1.29, 1.82) is 0 Å². The molecule has 7 nitrogen and oxygen atoms in total. The summed E-state index contributed by atoms with van der Waals surface area (Å²) in [5.74, 6) is 1.65. The molecule has 0 saturated heterocycles. The molecule has 2 aromatic heterocycles. The molecule has 2 heterocycles. The van der Waals surface area contributed by atoms with Gasteiger partial charge in [-0.15, -0.1) is 0 Å². The zero-order chi connectivity index (χ0) is 17.5. The number of nitrogens with one attached hydrogen (secondary N) is 1. The van der Waals surface area contributed by atoms with E-state index in [9.17, 15) is 4.79 Å². The monoisotopic (exact) mass is 337 g/mol. The summed E-state index contributed by atoms with van der Waals surface area (Å²) in [5.41, 5.74) is 0.529. The maximum absolute atomic E-state index is 12.4. The van der Waals surface area contributed by atoms with E-state index < -0.39 is 0 Å². The molecular weight excluding hydrogens is 318 g/mol. The highest BCUT2D eigenvalue weighted by Gasteiger charge is 2.12. The predicted molar refractivity (Wildman–Crippen MR) is 93.2 cm³/mol. The molecular formula is C18H19N5O2. The number of amides is 1. The highest BCUT2D eigenvalue weighted by atomic mass is 16.5. The molecule has 0 saturated carbocycles. The maximum Gasteiger partial charge on any atom is 0.255 e. The Balaban J connectivity index is 1.63. The zero-order valence-corrected chi connectivity index (χ0v) is 13.9. The second-order valence-electron chi connectivity index (χ2n) is 5.20. The van der Waals surface area contributed by atoms with Crippen LogP contribution in [0.2, 0.25) is 0 Å².